The first kappa shape index (κ1) is 20.4. The highest BCUT2D eigenvalue weighted by Crippen LogP contribution is 2.40. The molecule has 0 aromatic heterocycles. The molecule has 0 unspecified atom stereocenters. The van der Waals surface area contributed by atoms with E-state index in [-0.39, 0.29) is 20.1 Å². The van der Waals surface area contributed by atoms with Crippen LogP contribution in [0.5, 0.6) is 0 Å². The third-order valence-electron chi connectivity index (χ3n) is 3.73. The van der Waals surface area contributed by atoms with Gasteiger partial charge < -0.3 is 4.74 Å². The number of hydrogen-bond donors (Lipinski definition) is 0. The quantitative estimate of drug-likeness (QED) is 0.427. The monoisotopic (exact) mass is 482 g/mol. The Morgan fingerprint density at radius 1 is 0.640 bits per heavy atom. The second-order valence-electron chi connectivity index (χ2n) is 6.61. The molecule has 0 aliphatic heterocycles. The summed E-state index contributed by atoms with van der Waals surface area (Å²) in [5, 5.41) is 0. The summed E-state index contributed by atoms with van der Waals surface area (Å²) >= 11 is 6.03. The average molecular weight is 484 g/mol. The lowest BCUT2D eigenvalue weighted by molar-refractivity contribution is -0.137. The molecule has 0 N–H and O–H groups in total. The minimum absolute atomic E-state index is 0.242. The summed E-state index contributed by atoms with van der Waals surface area (Å²) in [6.07, 6.45) is 0. The molecule has 0 saturated heterocycles. The van der Waals surface area contributed by atoms with Gasteiger partial charge >= 0.3 is 0 Å². The van der Waals surface area contributed by atoms with Crippen LogP contribution in [-0.4, -0.2) is 0 Å². The number of hydrogen-bond acceptors (Lipinski definition) is 1. The van der Waals surface area contributed by atoms with Crippen LogP contribution in [0.3, 0.4) is 0 Å². The summed E-state index contributed by atoms with van der Waals surface area (Å²) in [5.41, 5.74) is -3.60. The highest BCUT2D eigenvalue weighted by Gasteiger charge is 2.39. The van der Waals surface area contributed by atoms with E-state index in [1.54, 1.807) is 0 Å². The van der Waals surface area contributed by atoms with Crippen LogP contribution in [0, 0.1) is 23.3 Å². The third kappa shape index (κ3) is 4.26. The molecule has 0 spiro atoms. The summed E-state index contributed by atoms with van der Waals surface area (Å²) in [7, 11) is 0. The minimum Gasteiger partial charge on any atom is -0.360 e. The van der Waals surface area contributed by atoms with Crippen LogP contribution in [0.2, 0.25) is 0 Å². The Kier molecular flexibility index (Phi) is 5.71. The highest BCUT2D eigenvalue weighted by atomic mass is 79.9. The van der Waals surface area contributed by atoms with Gasteiger partial charge in [-0.15, -0.1) is 0 Å². The smallest absolute Gasteiger partial charge is 0.133 e. The molecule has 0 aliphatic carbocycles. The Bertz CT molecular complexity index is 705. The lowest BCUT2D eigenvalue weighted by Gasteiger charge is -2.37. The predicted molar refractivity (Wildman–Crippen MR) is 95.3 cm³/mol. The fraction of sp³-hybridized carbons (Fsp3) is 0.333. The van der Waals surface area contributed by atoms with Gasteiger partial charge in [-0.05, 0) is 52.0 Å². The van der Waals surface area contributed by atoms with Crippen molar-refractivity contribution in [2.45, 2.75) is 38.9 Å². The molecule has 0 fully saturated rings. The summed E-state index contributed by atoms with van der Waals surface area (Å²) < 4.78 is 63.5. The summed E-state index contributed by atoms with van der Waals surface area (Å²) in [6.45, 7) is 5.77. The molecule has 0 radical (unpaired) electrons. The van der Waals surface area contributed by atoms with Crippen LogP contribution < -0.4 is 0 Å². The predicted octanol–water partition coefficient (Wildman–Crippen LogP) is 6.96. The van der Waals surface area contributed by atoms with Crippen molar-refractivity contribution in [1.82, 2.24) is 0 Å². The van der Waals surface area contributed by atoms with Crippen molar-refractivity contribution < 1.29 is 22.3 Å². The molecule has 2 aromatic rings. The van der Waals surface area contributed by atoms with Gasteiger partial charge in [0.2, 0.25) is 0 Å². The molecular formula is C18H16Br2F4O. The molecular weight excluding hydrogens is 468 g/mol. The number of benzene rings is 2. The van der Waals surface area contributed by atoms with Crippen LogP contribution in [0.4, 0.5) is 17.6 Å². The second kappa shape index (κ2) is 7.00. The Hall–Kier alpha value is -0.920. The van der Waals surface area contributed by atoms with Gasteiger partial charge in [0.1, 0.15) is 23.3 Å². The molecule has 136 valence electrons. The van der Waals surface area contributed by atoms with Crippen molar-refractivity contribution in [3.63, 3.8) is 0 Å². The van der Waals surface area contributed by atoms with Gasteiger partial charge in [-0.3, -0.25) is 0 Å². The van der Waals surface area contributed by atoms with E-state index in [2.05, 4.69) is 31.9 Å². The molecule has 1 nitrogen and oxygen atoms in total. The van der Waals surface area contributed by atoms with Crippen molar-refractivity contribution in [3.8, 4) is 0 Å². The normalized spacial score (nSPS) is 12.6. The van der Waals surface area contributed by atoms with Crippen molar-refractivity contribution in [3.05, 3.63) is 67.6 Å². The summed E-state index contributed by atoms with van der Waals surface area (Å²) in [4.78, 5) is 0. The summed E-state index contributed by atoms with van der Waals surface area (Å²) in [5.74, 6) is -3.26. The molecule has 0 bridgehead atoms. The molecule has 0 amide bonds. The van der Waals surface area contributed by atoms with Gasteiger partial charge in [-0.2, -0.15) is 0 Å². The molecule has 2 rings (SSSR count). The second-order valence-corrected chi connectivity index (χ2v) is 8.44. The first-order valence-electron chi connectivity index (χ1n) is 7.35. The average Bonchev–Trinajstić information content (AvgIpc) is 2.32. The Morgan fingerprint density at radius 3 is 1.12 bits per heavy atom. The number of halogens is 6. The van der Waals surface area contributed by atoms with Crippen molar-refractivity contribution in [2.24, 2.45) is 0 Å². The molecule has 7 heteroatoms. The van der Waals surface area contributed by atoms with E-state index in [1.807, 2.05) is 0 Å². The standard InChI is InChI=1S/C18H16Br2F4O/c1-17(2,15-11(21)5-9(19)6-12(15)22)25-18(3,4)16-13(23)7-10(20)8-14(16)24/h5-8H,1-4H3. The third-order valence-corrected chi connectivity index (χ3v) is 4.64. The maximum Gasteiger partial charge on any atom is 0.133 e. The first-order valence-corrected chi connectivity index (χ1v) is 8.94. The molecule has 0 aliphatic rings. The number of ether oxygens (including phenoxy) is 1. The largest absolute Gasteiger partial charge is 0.360 e. The molecule has 0 saturated carbocycles. The van der Waals surface area contributed by atoms with Gasteiger partial charge in [0.25, 0.3) is 0 Å². The SMILES string of the molecule is CC(C)(OC(C)(C)c1c(F)cc(Br)cc1F)c1c(F)cc(Br)cc1F. The molecule has 0 heterocycles. The van der Waals surface area contributed by atoms with E-state index < -0.39 is 34.5 Å². The maximum atomic E-state index is 14.3. The first-order chi connectivity index (χ1) is 11.3. The van der Waals surface area contributed by atoms with Crippen LogP contribution in [0.15, 0.2) is 33.2 Å². The topological polar surface area (TPSA) is 9.23 Å². The van der Waals surface area contributed by atoms with Crippen LogP contribution in [-0.2, 0) is 15.9 Å². The Morgan fingerprint density at radius 2 is 0.880 bits per heavy atom. The van der Waals surface area contributed by atoms with Crippen molar-refractivity contribution >= 4 is 31.9 Å². The Balaban J connectivity index is 2.50. The van der Waals surface area contributed by atoms with Gasteiger partial charge in [0.15, 0.2) is 0 Å². The van der Waals surface area contributed by atoms with Gasteiger partial charge in [-0.25, -0.2) is 17.6 Å². The van der Waals surface area contributed by atoms with Crippen molar-refractivity contribution in [1.29, 1.82) is 0 Å². The van der Waals surface area contributed by atoms with Gasteiger partial charge in [-0.1, -0.05) is 31.9 Å². The molecule has 25 heavy (non-hydrogen) atoms. The minimum atomic E-state index is -1.48. The van der Waals surface area contributed by atoms with Crippen LogP contribution >= 0.6 is 31.9 Å². The van der Waals surface area contributed by atoms with Crippen LogP contribution in [0.25, 0.3) is 0 Å². The van der Waals surface area contributed by atoms with E-state index in [4.69, 9.17) is 4.74 Å². The maximum absolute atomic E-state index is 14.3. The van der Waals surface area contributed by atoms with E-state index in [1.165, 1.54) is 27.7 Å². The van der Waals surface area contributed by atoms with E-state index in [0.717, 1.165) is 24.3 Å². The fourth-order valence-electron chi connectivity index (χ4n) is 2.97. The number of rotatable bonds is 4. The van der Waals surface area contributed by atoms with Crippen LogP contribution in [0.1, 0.15) is 38.8 Å². The Labute approximate surface area is 160 Å². The highest BCUT2D eigenvalue weighted by molar-refractivity contribution is 9.10. The van der Waals surface area contributed by atoms with Gasteiger partial charge in [0.05, 0.1) is 22.3 Å². The molecule has 0 atom stereocenters. The van der Waals surface area contributed by atoms with E-state index >= 15 is 0 Å². The summed E-state index contributed by atoms with van der Waals surface area (Å²) in [6, 6.07) is 4.43. The van der Waals surface area contributed by atoms with E-state index in [0.29, 0.717) is 0 Å². The zero-order valence-corrected chi connectivity index (χ0v) is 17.2. The van der Waals surface area contributed by atoms with Crippen molar-refractivity contribution in [2.75, 3.05) is 0 Å². The van der Waals surface area contributed by atoms with Gasteiger partial charge in [0, 0.05) is 8.95 Å². The fourth-order valence-corrected chi connectivity index (χ4v) is 3.78. The lowest BCUT2D eigenvalue weighted by atomic mass is 9.91. The molecule has 2 aromatic carbocycles. The zero-order valence-electron chi connectivity index (χ0n) is 14.0. The lowest BCUT2D eigenvalue weighted by Crippen LogP contribution is -2.36. The van der Waals surface area contributed by atoms with E-state index in [9.17, 15) is 17.6 Å². The zero-order chi connectivity index (χ0) is 19.2.